The number of nitriles is 1. The van der Waals surface area contributed by atoms with Crippen LogP contribution in [0.1, 0.15) is 38.5 Å². The Labute approximate surface area is 171 Å². The molecule has 1 fully saturated rings. The van der Waals surface area contributed by atoms with Gasteiger partial charge < -0.3 is 10.1 Å². The lowest BCUT2D eigenvalue weighted by molar-refractivity contribution is 0.297. The summed E-state index contributed by atoms with van der Waals surface area (Å²) in [6.45, 7) is 1.91. The Morgan fingerprint density at radius 3 is 2.76 bits per heavy atom. The molecule has 1 N–H and O–H groups in total. The number of benzene rings is 1. The predicted molar refractivity (Wildman–Crippen MR) is 114 cm³/mol. The molecule has 1 aromatic carbocycles. The summed E-state index contributed by atoms with van der Waals surface area (Å²) in [6, 6.07) is 14.7. The van der Waals surface area contributed by atoms with Crippen molar-refractivity contribution in [3.8, 4) is 23.1 Å². The fourth-order valence-corrected chi connectivity index (χ4v) is 3.98. The molecule has 2 aromatic heterocycles. The molecule has 1 saturated carbocycles. The minimum Gasteiger partial charge on any atom is -0.494 e. The molecule has 1 aliphatic rings. The van der Waals surface area contributed by atoms with Crippen LogP contribution in [0, 0.1) is 11.3 Å². The van der Waals surface area contributed by atoms with Crippen LogP contribution in [0.3, 0.4) is 0 Å². The van der Waals surface area contributed by atoms with Crippen LogP contribution in [0.4, 0.5) is 0 Å². The summed E-state index contributed by atoms with van der Waals surface area (Å²) < 4.78 is 7.54. The Balaban J connectivity index is 1.33. The first-order valence-electron chi connectivity index (χ1n) is 10.5. The summed E-state index contributed by atoms with van der Waals surface area (Å²) in [5, 5.41) is 18.2. The van der Waals surface area contributed by atoms with Crippen LogP contribution >= 0.6 is 0 Å². The van der Waals surface area contributed by atoms with E-state index in [0.29, 0.717) is 12.6 Å². The Hall–Kier alpha value is -2.91. The second kappa shape index (κ2) is 9.53. The molecule has 0 atom stereocenters. The van der Waals surface area contributed by atoms with Crippen LogP contribution < -0.4 is 10.1 Å². The summed E-state index contributed by atoms with van der Waals surface area (Å²) in [6.07, 6.45) is 9.48. The van der Waals surface area contributed by atoms with Crippen molar-refractivity contribution in [3.63, 3.8) is 0 Å². The van der Waals surface area contributed by atoms with E-state index < -0.39 is 0 Å². The fourth-order valence-electron chi connectivity index (χ4n) is 3.98. The smallest absolute Gasteiger partial charge is 0.159 e. The molecule has 0 saturated heterocycles. The third-order valence-electron chi connectivity index (χ3n) is 5.48. The highest BCUT2D eigenvalue weighted by molar-refractivity contribution is 5.91. The number of rotatable bonds is 8. The van der Waals surface area contributed by atoms with E-state index in [0.717, 1.165) is 41.0 Å². The number of nitrogens with one attached hydrogen (secondary N) is 1. The minimum atomic E-state index is 0.184. The molecule has 6 heteroatoms. The van der Waals surface area contributed by atoms with Crippen LogP contribution in [0.2, 0.25) is 0 Å². The molecule has 6 nitrogen and oxygen atoms in total. The first kappa shape index (κ1) is 19.4. The highest BCUT2D eigenvalue weighted by Crippen LogP contribution is 2.28. The quantitative estimate of drug-likeness (QED) is 0.581. The highest BCUT2D eigenvalue weighted by Gasteiger charge is 2.13. The highest BCUT2D eigenvalue weighted by atomic mass is 16.5. The topological polar surface area (TPSA) is 75.8 Å². The zero-order valence-corrected chi connectivity index (χ0v) is 16.7. The number of pyridine rings is 1. The maximum Gasteiger partial charge on any atom is 0.159 e. The lowest BCUT2D eigenvalue weighted by Crippen LogP contribution is -2.32. The molecule has 2 heterocycles. The van der Waals surface area contributed by atoms with Crippen molar-refractivity contribution in [3.05, 3.63) is 42.6 Å². The van der Waals surface area contributed by atoms with Gasteiger partial charge in [-0.15, -0.1) is 0 Å². The third-order valence-corrected chi connectivity index (χ3v) is 5.48. The van der Waals surface area contributed by atoms with Crippen molar-refractivity contribution >= 4 is 11.0 Å². The van der Waals surface area contributed by atoms with Gasteiger partial charge in [0, 0.05) is 23.2 Å². The number of hydrogen-bond donors (Lipinski definition) is 1. The van der Waals surface area contributed by atoms with E-state index in [1.807, 2.05) is 36.4 Å². The molecule has 150 valence electrons. The largest absolute Gasteiger partial charge is 0.494 e. The summed E-state index contributed by atoms with van der Waals surface area (Å²) in [5.41, 5.74) is 2.56. The van der Waals surface area contributed by atoms with Gasteiger partial charge in [-0.05, 0) is 62.2 Å². The Kier molecular flexibility index (Phi) is 6.38. The number of nitrogens with zero attached hydrogens (tertiary/aromatic N) is 4. The van der Waals surface area contributed by atoms with Crippen LogP contribution in [0.15, 0.2) is 42.6 Å². The Morgan fingerprint density at radius 2 is 1.97 bits per heavy atom. The maximum absolute atomic E-state index is 9.03. The van der Waals surface area contributed by atoms with E-state index >= 15 is 0 Å². The average molecular weight is 390 g/mol. The molecule has 0 unspecified atom stereocenters. The van der Waals surface area contributed by atoms with Crippen LogP contribution in [0.25, 0.3) is 22.3 Å². The van der Waals surface area contributed by atoms with Crippen molar-refractivity contribution in [2.75, 3.05) is 13.2 Å². The van der Waals surface area contributed by atoms with Crippen LogP contribution in [-0.4, -0.2) is 34.0 Å². The molecular formula is C23H27N5O. The summed E-state index contributed by atoms with van der Waals surface area (Å²) >= 11 is 0. The zero-order chi connectivity index (χ0) is 19.9. The minimum absolute atomic E-state index is 0.184. The fraction of sp³-hybridized carbons (Fsp3) is 0.435. The molecular weight excluding hydrogens is 362 g/mol. The van der Waals surface area contributed by atoms with Gasteiger partial charge in [-0.3, -0.25) is 0 Å². The molecule has 3 aromatic rings. The normalized spacial score (nSPS) is 14.7. The molecule has 0 bridgehead atoms. The van der Waals surface area contributed by atoms with E-state index in [2.05, 4.69) is 21.5 Å². The first-order valence-corrected chi connectivity index (χ1v) is 10.5. The Morgan fingerprint density at radius 1 is 1.14 bits per heavy atom. The number of hydrogen-bond acceptors (Lipinski definition) is 5. The molecule has 0 aliphatic heterocycles. The standard InChI is InChI=1S/C23H27N5O/c24-13-16-28-23-21(8-4-14-26-23)22(27-28)18-9-11-20(12-10-18)29-17-5-15-25-19-6-2-1-3-7-19/h4,8-12,14,19,25H,1-3,5-7,15-17H2. The van der Waals surface area contributed by atoms with Gasteiger partial charge in [-0.2, -0.15) is 10.4 Å². The second-order valence-electron chi connectivity index (χ2n) is 7.55. The van der Waals surface area contributed by atoms with E-state index in [1.165, 1.54) is 32.1 Å². The number of ether oxygens (including phenoxy) is 1. The first-order chi connectivity index (χ1) is 14.3. The second-order valence-corrected chi connectivity index (χ2v) is 7.55. The molecule has 4 rings (SSSR count). The molecule has 0 spiro atoms. The van der Waals surface area contributed by atoms with Gasteiger partial charge in [0.05, 0.1) is 12.7 Å². The zero-order valence-electron chi connectivity index (χ0n) is 16.7. The van der Waals surface area contributed by atoms with Crippen molar-refractivity contribution in [1.82, 2.24) is 20.1 Å². The monoisotopic (exact) mass is 389 g/mol. The van der Waals surface area contributed by atoms with Gasteiger partial charge >= 0.3 is 0 Å². The van der Waals surface area contributed by atoms with Gasteiger partial charge in [-0.1, -0.05) is 19.3 Å². The van der Waals surface area contributed by atoms with Crippen molar-refractivity contribution in [2.24, 2.45) is 0 Å². The predicted octanol–water partition coefficient (Wildman–Crippen LogP) is 4.31. The molecule has 29 heavy (non-hydrogen) atoms. The Bertz CT molecular complexity index is 967. The van der Waals surface area contributed by atoms with E-state index in [1.54, 1.807) is 10.9 Å². The summed E-state index contributed by atoms with van der Waals surface area (Å²) in [7, 11) is 0. The number of fused-ring (bicyclic) bond motifs is 1. The summed E-state index contributed by atoms with van der Waals surface area (Å²) in [4.78, 5) is 4.37. The average Bonchev–Trinajstić information content (AvgIpc) is 3.14. The van der Waals surface area contributed by atoms with Gasteiger partial charge in [0.25, 0.3) is 0 Å². The van der Waals surface area contributed by atoms with Gasteiger partial charge in [0.15, 0.2) is 5.65 Å². The van der Waals surface area contributed by atoms with Crippen LogP contribution in [-0.2, 0) is 6.54 Å². The summed E-state index contributed by atoms with van der Waals surface area (Å²) in [5.74, 6) is 0.866. The number of aromatic nitrogens is 3. The van der Waals surface area contributed by atoms with Gasteiger partial charge in [0.1, 0.15) is 18.0 Å². The van der Waals surface area contributed by atoms with Crippen molar-refractivity contribution in [1.29, 1.82) is 5.26 Å². The SMILES string of the molecule is N#CCn1nc(-c2ccc(OCCCNC3CCCCC3)cc2)c2cccnc21. The van der Waals surface area contributed by atoms with E-state index in [4.69, 9.17) is 10.00 Å². The lowest BCUT2D eigenvalue weighted by atomic mass is 9.95. The third kappa shape index (κ3) is 4.75. The van der Waals surface area contributed by atoms with Gasteiger partial charge in [-0.25, -0.2) is 9.67 Å². The van der Waals surface area contributed by atoms with Gasteiger partial charge in [0.2, 0.25) is 0 Å². The molecule has 0 radical (unpaired) electrons. The lowest BCUT2D eigenvalue weighted by Gasteiger charge is -2.22. The molecule has 1 aliphatic carbocycles. The van der Waals surface area contributed by atoms with Crippen molar-refractivity contribution < 1.29 is 4.74 Å². The van der Waals surface area contributed by atoms with Crippen molar-refractivity contribution in [2.45, 2.75) is 51.1 Å². The van der Waals surface area contributed by atoms with E-state index in [9.17, 15) is 0 Å². The van der Waals surface area contributed by atoms with Crippen LogP contribution in [0.5, 0.6) is 5.75 Å². The van der Waals surface area contributed by atoms with E-state index in [-0.39, 0.29) is 6.54 Å². The molecule has 0 amide bonds. The maximum atomic E-state index is 9.03.